The molecule has 1 aromatic heterocycles. The summed E-state index contributed by atoms with van der Waals surface area (Å²) in [5.74, 6) is -0.0884. The highest BCUT2D eigenvalue weighted by Gasteiger charge is 2.29. The maximum atomic E-state index is 12.5. The molecule has 4 rings (SSSR count). The number of nitrogens with one attached hydrogen (secondary N) is 1. The lowest BCUT2D eigenvalue weighted by Crippen LogP contribution is -2.29. The van der Waals surface area contributed by atoms with Gasteiger partial charge in [0.25, 0.3) is 11.4 Å². The molecule has 1 fully saturated rings. The lowest BCUT2D eigenvalue weighted by molar-refractivity contribution is -0.385. The molecule has 17 nitrogen and oxygen atoms in total. The number of carbonyl (C=O) groups excluding carboxylic acids is 2. The summed E-state index contributed by atoms with van der Waals surface area (Å²) in [5, 5.41) is 23.7. The second-order valence-corrected chi connectivity index (χ2v) is 8.25. The van der Waals surface area contributed by atoms with Crippen LogP contribution in [0.25, 0.3) is 0 Å². The fraction of sp³-hybridized carbons (Fsp3) is 0.250. The van der Waals surface area contributed by atoms with Crippen LogP contribution in [-0.4, -0.2) is 51.2 Å². The topological polar surface area (TPSA) is 213 Å². The number of nitro benzene ring substituents is 2. The van der Waals surface area contributed by atoms with Crippen molar-refractivity contribution in [3.63, 3.8) is 0 Å². The van der Waals surface area contributed by atoms with E-state index in [0.29, 0.717) is 11.1 Å². The Balaban J connectivity index is 1.19. The molecule has 1 amide bonds. The van der Waals surface area contributed by atoms with E-state index < -0.39 is 40.3 Å². The molecular formula is C24H21N5O12. The monoisotopic (exact) mass is 571 g/mol. The summed E-state index contributed by atoms with van der Waals surface area (Å²) < 4.78 is 27.0. The minimum Gasteiger partial charge on any atom is -0.444 e. The molecule has 2 atom stereocenters. The summed E-state index contributed by atoms with van der Waals surface area (Å²) in [7, 11) is 0. The van der Waals surface area contributed by atoms with Crippen LogP contribution in [0.2, 0.25) is 0 Å². The van der Waals surface area contributed by atoms with Crippen LogP contribution in [0.3, 0.4) is 0 Å². The lowest BCUT2D eigenvalue weighted by Gasteiger charge is -2.14. The minimum atomic E-state index is -1.02. The van der Waals surface area contributed by atoms with E-state index in [1.807, 2.05) is 0 Å². The van der Waals surface area contributed by atoms with Gasteiger partial charge in [-0.15, -0.1) is 0 Å². The van der Waals surface area contributed by atoms with E-state index >= 15 is 0 Å². The molecular weight excluding hydrogens is 550 g/mol. The highest BCUT2D eigenvalue weighted by Crippen LogP contribution is 2.20. The molecule has 0 saturated carbocycles. The van der Waals surface area contributed by atoms with Crippen LogP contribution in [0.1, 0.15) is 17.4 Å². The van der Waals surface area contributed by atoms with Gasteiger partial charge in [0.1, 0.15) is 25.6 Å². The molecule has 0 radical (unpaired) electrons. The average molecular weight is 571 g/mol. The Morgan fingerprint density at radius 1 is 0.927 bits per heavy atom. The summed E-state index contributed by atoms with van der Waals surface area (Å²) in [6, 6.07) is 12.2. The molecule has 1 aliphatic rings. The van der Waals surface area contributed by atoms with Crippen LogP contribution in [0, 0.1) is 20.2 Å². The highest BCUT2D eigenvalue weighted by atomic mass is 16.8. The van der Waals surface area contributed by atoms with Gasteiger partial charge in [-0.1, -0.05) is 0 Å². The Morgan fingerprint density at radius 2 is 1.51 bits per heavy atom. The fourth-order valence-corrected chi connectivity index (χ4v) is 3.42. The lowest BCUT2D eigenvalue weighted by atomic mass is 10.2. The standard InChI is InChI=1S/C24H21N5O12/c30-22-25-19(26-23(31)38-11-15-1-5-17(6-2-15)28(33)34)9-10-27(22)20-13-37-21(41-20)14-40-24(32)39-12-16-3-7-18(8-4-16)29(35)36/h1-10,20-21H,11-14H2,(H,25,26,30,31). The van der Waals surface area contributed by atoms with E-state index in [-0.39, 0.29) is 43.6 Å². The quantitative estimate of drug-likeness (QED) is 0.211. The molecule has 3 aromatic rings. The Morgan fingerprint density at radius 3 is 2.07 bits per heavy atom. The molecule has 0 spiro atoms. The van der Waals surface area contributed by atoms with Crippen molar-refractivity contribution < 1.29 is 43.1 Å². The van der Waals surface area contributed by atoms with Gasteiger partial charge in [0.15, 0.2) is 12.5 Å². The van der Waals surface area contributed by atoms with Crippen LogP contribution in [0.15, 0.2) is 65.6 Å². The van der Waals surface area contributed by atoms with E-state index in [4.69, 9.17) is 23.7 Å². The molecule has 0 bridgehead atoms. The van der Waals surface area contributed by atoms with E-state index in [2.05, 4.69) is 10.3 Å². The van der Waals surface area contributed by atoms with Crippen molar-refractivity contribution in [2.24, 2.45) is 0 Å². The molecule has 2 unspecified atom stereocenters. The first kappa shape index (κ1) is 28.6. The van der Waals surface area contributed by atoms with Crippen molar-refractivity contribution in [1.82, 2.24) is 9.55 Å². The molecule has 214 valence electrons. The summed E-state index contributed by atoms with van der Waals surface area (Å²) in [4.78, 5) is 60.4. The number of ether oxygens (including phenoxy) is 5. The summed E-state index contributed by atoms with van der Waals surface area (Å²) in [6.45, 7) is -0.727. The van der Waals surface area contributed by atoms with Gasteiger partial charge >= 0.3 is 17.9 Å². The normalized spacial score (nSPS) is 16.0. The van der Waals surface area contributed by atoms with E-state index in [9.17, 15) is 34.6 Å². The molecule has 1 saturated heterocycles. The first-order chi connectivity index (χ1) is 19.7. The van der Waals surface area contributed by atoms with Gasteiger partial charge in [0.2, 0.25) is 0 Å². The number of nitrogens with zero attached hydrogens (tertiary/aromatic N) is 4. The third kappa shape index (κ3) is 8.04. The van der Waals surface area contributed by atoms with Gasteiger partial charge in [0.05, 0.1) is 16.5 Å². The molecule has 2 heterocycles. The largest absolute Gasteiger partial charge is 0.508 e. The zero-order valence-electron chi connectivity index (χ0n) is 20.9. The second-order valence-electron chi connectivity index (χ2n) is 8.25. The molecule has 0 aliphatic carbocycles. The number of hydrogen-bond acceptors (Lipinski definition) is 13. The Bertz CT molecular complexity index is 1480. The average Bonchev–Trinajstić information content (AvgIpc) is 3.43. The summed E-state index contributed by atoms with van der Waals surface area (Å²) in [6.07, 6.45) is -2.48. The molecule has 2 aromatic carbocycles. The third-order valence-corrected chi connectivity index (χ3v) is 5.46. The van der Waals surface area contributed by atoms with Crippen molar-refractivity contribution in [3.05, 3.63) is 103 Å². The number of amides is 1. The SMILES string of the molecule is O=C(Nc1ccn(C2COC(COC(=O)OCc3ccc([N+](=O)[O-])cc3)O2)c(=O)n1)OCc1ccc([N+](=O)[O-])cc1. The predicted molar refractivity (Wildman–Crippen MR) is 134 cm³/mol. The predicted octanol–water partition coefficient (Wildman–Crippen LogP) is 3.03. The number of aromatic nitrogens is 2. The number of benzene rings is 2. The maximum Gasteiger partial charge on any atom is 0.508 e. The number of nitro groups is 2. The Kier molecular flexibility index (Phi) is 9.13. The molecule has 1 N–H and O–H groups in total. The first-order valence-corrected chi connectivity index (χ1v) is 11.7. The van der Waals surface area contributed by atoms with Gasteiger partial charge in [-0.05, 0) is 41.5 Å². The zero-order valence-corrected chi connectivity index (χ0v) is 20.9. The van der Waals surface area contributed by atoms with Crippen LogP contribution in [0.4, 0.5) is 26.8 Å². The summed E-state index contributed by atoms with van der Waals surface area (Å²) in [5.41, 5.74) is 0.0713. The van der Waals surface area contributed by atoms with Crippen LogP contribution in [0.5, 0.6) is 0 Å². The smallest absolute Gasteiger partial charge is 0.444 e. The summed E-state index contributed by atoms with van der Waals surface area (Å²) >= 11 is 0. The van der Waals surface area contributed by atoms with Gasteiger partial charge in [-0.2, -0.15) is 4.98 Å². The van der Waals surface area contributed by atoms with Gasteiger partial charge < -0.3 is 23.7 Å². The van der Waals surface area contributed by atoms with E-state index in [1.165, 1.54) is 60.8 Å². The van der Waals surface area contributed by atoms with Crippen molar-refractivity contribution in [3.8, 4) is 0 Å². The molecule has 17 heteroatoms. The number of hydrogen-bond donors (Lipinski definition) is 1. The van der Waals surface area contributed by atoms with E-state index in [0.717, 1.165) is 4.57 Å². The number of rotatable bonds is 10. The minimum absolute atomic E-state index is 0.0580. The first-order valence-electron chi connectivity index (χ1n) is 11.7. The van der Waals surface area contributed by atoms with Gasteiger partial charge in [-0.3, -0.25) is 30.1 Å². The van der Waals surface area contributed by atoms with Crippen molar-refractivity contribution >= 4 is 29.4 Å². The van der Waals surface area contributed by atoms with Crippen LogP contribution in [-0.2, 0) is 36.9 Å². The fourth-order valence-electron chi connectivity index (χ4n) is 3.42. The highest BCUT2D eigenvalue weighted by molar-refractivity contribution is 5.83. The van der Waals surface area contributed by atoms with E-state index in [1.54, 1.807) is 0 Å². The second kappa shape index (κ2) is 13.1. The maximum absolute atomic E-state index is 12.5. The number of carbonyl (C=O) groups is 2. The zero-order chi connectivity index (χ0) is 29.4. The third-order valence-electron chi connectivity index (χ3n) is 5.46. The molecule has 41 heavy (non-hydrogen) atoms. The molecule has 1 aliphatic heterocycles. The van der Waals surface area contributed by atoms with Crippen LogP contribution >= 0.6 is 0 Å². The van der Waals surface area contributed by atoms with Crippen molar-refractivity contribution in [2.75, 3.05) is 18.5 Å². The van der Waals surface area contributed by atoms with Crippen LogP contribution < -0.4 is 11.0 Å². The Hall–Kier alpha value is -5.42. The number of anilines is 1. The van der Waals surface area contributed by atoms with Crippen molar-refractivity contribution in [1.29, 1.82) is 0 Å². The van der Waals surface area contributed by atoms with Gasteiger partial charge in [0, 0.05) is 30.5 Å². The Labute approximate surface area is 229 Å². The number of non-ortho nitro benzene ring substituents is 2. The van der Waals surface area contributed by atoms with Crippen molar-refractivity contribution in [2.45, 2.75) is 25.7 Å². The van der Waals surface area contributed by atoms with Gasteiger partial charge in [-0.25, -0.2) is 14.4 Å².